The molecule has 2 nitrogen and oxygen atoms in total. The Balaban J connectivity index is 2.41. The number of benzene rings is 1. The van der Waals surface area contributed by atoms with Crippen LogP contribution in [0.2, 0.25) is 0 Å². The van der Waals surface area contributed by atoms with Gasteiger partial charge in [0.25, 0.3) is 0 Å². The standard InChI is InChI=1S/C17H29NO/c1-14(2)12-18(13-15(3)4)10-11-19-17-9-7-6-8-16(17)5/h6-9,14-15H,10-13H2,1-5H3. The smallest absolute Gasteiger partial charge is 0.122 e. The molecule has 0 aliphatic rings. The molecular weight excluding hydrogens is 234 g/mol. The summed E-state index contributed by atoms with van der Waals surface area (Å²) < 4.78 is 5.89. The molecule has 0 unspecified atom stereocenters. The minimum atomic E-state index is 0.706. The Labute approximate surface area is 118 Å². The average molecular weight is 263 g/mol. The molecule has 0 heterocycles. The van der Waals surface area contributed by atoms with E-state index in [-0.39, 0.29) is 0 Å². The van der Waals surface area contributed by atoms with Crippen LogP contribution in [0.4, 0.5) is 0 Å². The summed E-state index contributed by atoms with van der Waals surface area (Å²) in [7, 11) is 0. The van der Waals surface area contributed by atoms with Gasteiger partial charge in [-0.1, -0.05) is 45.9 Å². The summed E-state index contributed by atoms with van der Waals surface area (Å²) >= 11 is 0. The fourth-order valence-electron chi connectivity index (χ4n) is 2.29. The van der Waals surface area contributed by atoms with E-state index in [1.54, 1.807) is 0 Å². The zero-order chi connectivity index (χ0) is 14.3. The number of hydrogen-bond donors (Lipinski definition) is 0. The summed E-state index contributed by atoms with van der Waals surface area (Å²) in [5, 5.41) is 0. The first kappa shape index (κ1) is 16.0. The van der Waals surface area contributed by atoms with Gasteiger partial charge in [0.05, 0.1) is 0 Å². The molecule has 0 N–H and O–H groups in total. The Morgan fingerprint density at radius 3 is 2.11 bits per heavy atom. The first-order valence-electron chi connectivity index (χ1n) is 7.39. The zero-order valence-corrected chi connectivity index (χ0v) is 13.1. The third-order valence-electron chi connectivity index (χ3n) is 3.01. The highest BCUT2D eigenvalue weighted by Crippen LogP contribution is 2.16. The number of nitrogens with zero attached hydrogens (tertiary/aromatic N) is 1. The molecule has 0 saturated heterocycles. The van der Waals surface area contributed by atoms with Crippen LogP contribution in [-0.4, -0.2) is 31.1 Å². The van der Waals surface area contributed by atoms with Crippen molar-refractivity contribution in [3.05, 3.63) is 29.8 Å². The Morgan fingerprint density at radius 2 is 1.58 bits per heavy atom. The van der Waals surface area contributed by atoms with Crippen LogP contribution < -0.4 is 4.74 Å². The highest BCUT2D eigenvalue weighted by Gasteiger charge is 2.09. The molecule has 19 heavy (non-hydrogen) atoms. The minimum Gasteiger partial charge on any atom is -0.492 e. The number of para-hydroxylation sites is 1. The molecule has 2 heteroatoms. The van der Waals surface area contributed by atoms with Gasteiger partial charge in [0.1, 0.15) is 12.4 Å². The molecule has 0 bridgehead atoms. The topological polar surface area (TPSA) is 12.5 Å². The van der Waals surface area contributed by atoms with Crippen molar-refractivity contribution in [2.75, 3.05) is 26.2 Å². The molecule has 0 aliphatic carbocycles. The van der Waals surface area contributed by atoms with Crippen LogP contribution in [0.15, 0.2) is 24.3 Å². The number of rotatable bonds is 8. The summed E-state index contributed by atoms with van der Waals surface area (Å²) in [6, 6.07) is 8.22. The van der Waals surface area contributed by atoms with Gasteiger partial charge in [-0.3, -0.25) is 4.90 Å². The Hall–Kier alpha value is -1.02. The van der Waals surface area contributed by atoms with Crippen LogP contribution in [0.1, 0.15) is 33.3 Å². The molecule has 0 radical (unpaired) electrons. The lowest BCUT2D eigenvalue weighted by atomic mass is 10.1. The second kappa shape index (κ2) is 8.21. The second-order valence-corrected chi connectivity index (χ2v) is 6.16. The maximum atomic E-state index is 5.89. The van der Waals surface area contributed by atoms with Crippen molar-refractivity contribution in [1.82, 2.24) is 4.90 Å². The van der Waals surface area contributed by atoms with Gasteiger partial charge in [-0.2, -0.15) is 0 Å². The van der Waals surface area contributed by atoms with Gasteiger partial charge < -0.3 is 4.74 Å². The zero-order valence-electron chi connectivity index (χ0n) is 13.1. The van der Waals surface area contributed by atoms with Gasteiger partial charge in [0, 0.05) is 19.6 Å². The summed E-state index contributed by atoms with van der Waals surface area (Å²) in [5.41, 5.74) is 1.21. The molecule has 1 rings (SSSR count). The van der Waals surface area contributed by atoms with E-state index in [4.69, 9.17) is 4.74 Å². The van der Waals surface area contributed by atoms with Crippen LogP contribution in [0.25, 0.3) is 0 Å². The van der Waals surface area contributed by atoms with Crippen molar-refractivity contribution >= 4 is 0 Å². The third kappa shape index (κ3) is 6.63. The van der Waals surface area contributed by atoms with E-state index >= 15 is 0 Å². The van der Waals surface area contributed by atoms with E-state index in [1.807, 2.05) is 18.2 Å². The van der Waals surface area contributed by atoms with Gasteiger partial charge in [-0.05, 0) is 30.4 Å². The molecule has 0 spiro atoms. The van der Waals surface area contributed by atoms with E-state index in [0.29, 0.717) is 11.8 Å². The first-order chi connectivity index (χ1) is 8.99. The molecular formula is C17H29NO. The Morgan fingerprint density at radius 1 is 1.00 bits per heavy atom. The number of ether oxygens (including phenoxy) is 1. The SMILES string of the molecule is Cc1ccccc1OCCN(CC(C)C)CC(C)C. The fourth-order valence-corrected chi connectivity index (χ4v) is 2.29. The number of hydrogen-bond acceptors (Lipinski definition) is 2. The predicted octanol–water partition coefficient (Wildman–Crippen LogP) is 3.99. The summed E-state index contributed by atoms with van der Waals surface area (Å²) in [4.78, 5) is 2.51. The number of aryl methyl sites for hydroxylation is 1. The molecule has 0 aromatic heterocycles. The van der Waals surface area contributed by atoms with Crippen LogP contribution in [0.5, 0.6) is 5.75 Å². The van der Waals surface area contributed by atoms with Gasteiger partial charge in [-0.25, -0.2) is 0 Å². The lowest BCUT2D eigenvalue weighted by Gasteiger charge is -2.26. The van der Waals surface area contributed by atoms with E-state index in [2.05, 4.69) is 45.6 Å². The second-order valence-electron chi connectivity index (χ2n) is 6.16. The monoisotopic (exact) mass is 263 g/mol. The summed E-state index contributed by atoms with van der Waals surface area (Å²) in [6.45, 7) is 15.3. The molecule has 0 fully saturated rings. The molecule has 0 amide bonds. The van der Waals surface area contributed by atoms with E-state index in [9.17, 15) is 0 Å². The normalized spacial score (nSPS) is 11.6. The molecule has 1 aromatic carbocycles. The fraction of sp³-hybridized carbons (Fsp3) is 0.647. The Kier molecular flexibility index (Phi) is 6.93. The van der Waals surface area contributed by atoms with Gasteiger partial charge in [-0.15, -0.1) is 0 Å². The average Bonchev–Trinajstić information content (AvgIpc) is 2.30. The van der Waals surface area contributed by atoms with Crippen molar-refractivity contribution in [3.8, 4) is 5.75 Å². The highest BCUT2D eigenvalue weighted by atomic mass is 16.5. The van der Waals surface area contributed by atoms with Gasteiger partial charge in [0.15, 0.2) is 0 Å². The van der Waals surface area contributed by atoms with E-state index in [0.717, 1.165) is 32.0 Å². The van der Waals surface area contributed by atoms with Crippen molar-refractivity contribution in [1.29, 1.82) is 0 Å². The van der Waals surface area contributed by atoms with Crippen LogP contribution in [-0.2, 0) is 0 Å². The maximum Gasteiger partial charge on any atom is 0.122 e. The largest absolute Gasteiger partial charge is 0.492 e. The van der Waals surface area contributed by atoms with Gasteiger partial charge >= 0.3 is 0 Å². The first-order valence-corrected chi connectivity index (χ1v) is 7.39. The third-order valence-corrected chi connectivity index (χ3v) is 3.01. The Bertz CT molecular complexity index is 350. The van der Waals surface area contributed by atoms with Crippen molar-refractivity contribution in [2.24, 2.45) is 11.8 Å². The molecule has 0 saturated carbocycles. The lowest BCUT2D eigenvalue weighted by molar-refractivity contribution is 0.177. The van der Waals surface area contributed by atoms with Crippen molar-refractivity contribution in [3.63, 3.8) is 0 Å². The maximum absolute atomic E-state index is 5.89. The molecule has 108 valence electrons. The molecule has 0 atom stereocenters. The van der Waals surface area contributed by atoms with Crippen LogP contribution >= 0.6 is 0 Å². The quantitative estimate of drug-likeness (QED) is 0.703. The minimum absolute atomic E-state index is 0.706. The van der Waals surface area contributed by atoms with Crippen LogP contribution in [0.3, 0.4) is 0 Å². The summed E-state index contributed by atoms with van der Waals surface area (Å²) in [6.07, 6.45) is 0. The molecule has 0 aliphatic heterocycles. The van der Waals surface area contributed by atoms with Crippen molar-refractivity contribution in [2.45, 2.75) is 34.6 Å². The van der Waals surface area contributed by atoms with E-state index in [1.165, 1.54) is 5.56 Å². The van der Waals surface area contributed by atoms with Crippen LogP contribution in [0, 0.1) is 18.8 Å². The summed E-state index contributed by atoms with van der Waals surface area (Å²) in [5.74, 6) is 2.42. The van der Waals surface area contributed by atoms with Gasteiger partial charge in [0.2, 0.25) is 0 Å². The lowest BCUT2D eigenvalue weighted by Crippen LogP contribution is -2.34. The predicted molar refractivity (Wildman–Crippen MR) is 82.8 cm³/mol. The van der Waals surface area contributed by atoms with Crippen molar-refractivity contribution < 1.29 is 4.74 Å². The highest BCUT2D eigenvalue weighted by molar-refractivity contribution is 5.31. The van der Waals surface area contributed by atoms with E-state index < -0.39 is 0 Å². The molecule has 1 aromatic rings.